The molecule has 0 radical (unpaired) electrons. The topological polar surface area (TPSA) is 88.1 Å². The quantitative estimate of drug-likeness (QED) is 0.184. The smallest absolute Gasteiger partial charge is 0.342 e. The lowest BCUT2D eigenvalue weighted by atomic mass is 10.2. The van der Waals surface area contributed by atoms with Crippen molar-refractivity contribution in [3.8, 4) is 17.1 Å². The number of aromatic nitrogens is 3. The number of para-hydroxylation sites is 1. The molecule has 0 fully saturated rings. The zero-order valence-corrected chi connectivity index (χ0v) is 20.4. The SMILES string of the molecule is O=C(O)/C(=C/c1ccccc1OCc1ccc(Cl)cc1Cl)Sc1n[nH]c(-c2ccc(Cl)cc2)n1. The molecule has 0 spiro atoms. The second-order valence-electron chi connectivity index (χ2n) is 6.95. The zero-order valence-electron chi connectivity index (χ0n) is 17.3. The van der Waals surface area contributed by atoms with Gasteiger partial charge >= 0.3 is 5.97 Å². The van der Waals surface area contributed by atoms with Gasteiger partial charge in [-0.25, -0.2) is 9.78 Å². The van der Waals surface area contributed by atoms with Crippen molar-refractivity contribution in [1.82, 2.24) is 15.2 Å². The predicted molar refractivity (Wildman–Crippen MR) is 136 cm³/mol. The van der Waals surface area contributed by atoms with Gasteiger partial charge in [-0.1, -0.05) is 59.1 Å². The van der Waals surface area contributed by atoms with Gasteiger partial charge in [0.15, 0.2) is 5.82 Å². The highest BCUT2D eigenvalue weighted by Crippen LogP contribution is 2.31. The first-order valence-corrected chi connectivity index (χ1v) is 11.8. The summed E-state index contributed by atoms with van der Waals surface area (Å²) in [6.07, 6.45) is 1.52. The molecule has 10 heteroatoms. The summed E-state index contributed by atoms with van der Waals surface area (Å²) in [4.78, 5) is 16.4. The van der Waals surface area contributed by atoms with Gasteiger partial charge in [-0.2, -0.15) is 0 Å². The summed E-state index contributed by atoms with van der Waals surface area (Å²) in [6.45, 7) is 0.196. The first kappa shape index (κ1) is 24.2. The Bertz CT molecular complexity index is 1360. The molecule has 0 aliphatic carbocycles. The monoisotopic (exact) mass is 531 g/mol. The van der Waals surface area contributed by atoms with E-state index in [2.05, 4.69) is 15.2 Å². The van der Waals surface area contributed by atoms with E-state index in [9.17, 15) is 9.90 Å². The van der Waals surface area contributed by atoms with Crippen LogP contribution in [-0.4, -0.2) is 26.3 Å². The molecule has 4 rings (SSSR count). The zero-order chi connectivity index (χ0) is 24.1. The number of carbonyl (C=O) groups is 1. The van der Waals surface area contributed by atoms with Crippen LogP contribution < -0.4 is 4.74 Å². The summed E-state index contributed by atoms with van der Waals surface area (Å²) in [5, 5.41) is 18.6. The Labute approximate surface area is 214 Å². The Morgan fingerprint density at radius 2 is 1.76 bits per heavy atom. The average Bonchev–Trinajstić information content (AvgIpc) is 3.28. The summed E-state index contributed by atoms with van der Waals surface area (Å²) in [7, 11) is 0. The molecule has 34 heavy (non-hydrogen) atoms. The third kappa shape index (κ3) is 6.12. The maximum atomic E-state index is 11.9. The molecule has 0 saturated heterocycles. The highest BCUT2D eigenvalue weighted by Gasteiger charge is 2.16. The average molecular weight is 533 g/mol. The number of carboxylic acid groups (broad SMARTS) is 1. The number of nitrogens with zero attached hydrogens (tertiary/aromatic N) is 2. The molecule has 4 aromatic rings. The molecule has 3 aromatic carbocycles. The number of aliphatic carboxylic acids is 1. The van der Waals surface area contributed by atoms with E-state index in [4.69, 9.17) is 39.5 Å². The standard InChI is InChI=1S/C24H16Cl3N3O3S/c25-17-8-5-14(6-9-17)22-28-24(30-29-22)34-21(23(31)32)11-15-3-1-2-4-20(15)33-13-16-7-10-18(26)12-19(16)27/h1-12H,13H2,(H,31,32)(H,28,29,30)/b21-11-. The summed E-state index contributed by atoms with van der Waals surface area (Å²) in [5.41, 5.74) is 2.13. The second-order valence-corrected chi connectivity index (χ2v) is 9.24. The van der Waals surface area contributed by atoms with Crippen LogP contribution in [0.3, 0.4) is 0 Å². The highest BCUT2D eigenvalue weighted by molar-refractivity contribution is 8.04. The van der Waals surface area contributed by atoms with Crippen molar-refractivity contribution in [2.24, 2.45) is 0 Å². The molecule has 0 bridgehead atoms. The fourth-order valence-corrected chi connectivity index (χ4v) is 4.22. The fourth-order valence-electron chi connectivity index (χ4n) is 2.93. The Kier molecular flexibility index (Phi) is 7.80. The van der Waals surface area contributed by atoms with Crippen molar-refractivity contribution in [3.63, 3.8) is 0 Å². The molecule has 0 saturated carbocycles. The van der Waals surface area contributed by atoms with Crippen LogP contribution in [0.25, 0.3) is 17.5 Å². The first-order chi connectivity index (χ1) is 16.4. The van der Waals surface area contributed by atoms with E-state index in [-0.39, 0.29) is 16.7 Å². The molecular formula is C24H16Cl3N3O3S. The maximum absolute atomic E-state index is 11.9. The van der Waals surface area contributed by atoms with Gasteiger partial charge in [-0.05, 0) is 60.3 Å². The van der Waals surface area contributed by atoms with Crippen molar-refractivity contribution in [1.29, 1.82) is 0 Å². The number of hydrogen-bond donors (Lipinski definition) is 2. The van der Waals surface area contributed by atoms with Gasteiger partial charge in [-0.3, -0.25) is 5.10 Å². The number of halogens is 3. The third-order valence-electron chi connectivity index (χ3n) is 4.60. The van der Waals surface area contributed by atoms with E-state index in [0.29, 0.717) is 32.2 Å². The Balaban J connectivity index is 1.54. The molecule has 0 aliphatic rings. The number of carboxylic acids is 1. The first-order valence-electron chi connectivity index (χ1n) is 9.86. The van der Waals surface area contributed by atoms with E-state index in [1.165, 1.54) is 6.08 Å². The molecular weight excluding hydrogens is 517 g/mol. The predicted octanol–water partition coefficient (Wildman–Crippen LogP) is 7.23. The van der Waals surface area contributed by atoms with Crippen LogP contribution in [0.4, 0.5) is 0 Å². The summed E-state index contributed by atoms with van der Waals surface area (Å²) >= 11 is 19.0. The molecule has 2 N–H and O–H groups in total. The van der Waals surface area contributed by atoms with Crippen LogP contribution in [0.1, 0.15) is 11.1 Å². The maximum Gasteiger partial charge on any atom is 0.342 e. The van der Waals surface area contributed by atoms with Gasteiger partial charge in [0.1, 0.15) is 17.3 Å². The van der Waals surface area contributed by atoms with Crippen LogP contribution in [0.2, 0.25) is 15.1 Å². The molecule has 0 unspecified atom stereocenters. The molecule has 1 heterocycles. The number of benzene rings is 3. The number of ether oxygens (including phenoxy) is 1. The molecule has 1 aromatic heterocycles. The van der Waals surface area contributed by atoms with E-state index in [1.54, 1.807) is 66.7 Å². The van der Waals surface area contributed by atoms with E-state index >= 15 is 0 Å². The van der Waals surface area contributed by atoms with Crippen molar-refractivity contribution in [2.75, 3.05) is 0 Å². The van der Waals surface area contributed by atoms with Gasteiger partial charge in [0.05, 0.1) is 0 Å². The fraction of sp³-hybridized carbons (Fsp3) is 0.0417. The number of hydrogen-bond acceptors (Lipinski definition) is 5. The lowest BCUT2D eigenvalue weighted by molar-refractivity contribution is -0.131. The van der Waals surface area contributed by atoms with Crippen molar-refractivity contribution >= 4 is 58.6 Å². The molecule has 6 nitrogen and oxygen atoms in total. The number of nitrogens with one attached hydrogen (secondary N) is 1. The van der Waals surface area contributed by atoms with E-state index in [1.807, 2.05) is 0 Å². The minimum absolute atomic E-state index is 0.0298. The summed E-state index contributed by atoms with van der Waals surface area (Å²) in [6, 6.07) is 19.3. The van der Waals surface area contributed by atoms with Crippen LogP contribution in [0.5, 0.6) is 5.75 Å². The van der Waals surface area contributed by atoms with Crippen LogP contribution in [0.15, 0.2) is 76.8 Å². The van der Waals surface area contributed by atoms with E-state index in [0.717, 1.165) is 22.9 Å². The van der Waals surface area contributed by atoms with Crippen LogP contribution >= 0.6 is 46.6 Å². The summed E-state index contributed by atoms with van der Waals surface area (Å²) < 4.78 is 5.92. The van der Waals surface area contributed by atoms with E-state index < -0.39 is 5.97 Å². The molecule has 0 amide bonds. The van der Waals surface area contributed by atoms with Gasteiger partial charge in [0.2, 0.25) is 5.16 Å². The van der Waals surface area contributed by atoms with Gasteiger partial charge < -0.3 is 9.84 Å². The van der Waals surface area contributed by atoms with Gasteiger partial charge in [-0.15, -0.1) is 5.10 Å². The Hall–Kier alpha value is -2.97. The van der Waals surface area contributed by atoms with Gasteiger partial charge in [0.25, 0.3) is 0 Å². The minimum Gasteiger partial charge on any atom is -0.488 e. The van der Waals surface area contributed by atoms with Crippen molar-refractivity contribution < 1.29 is 14.6 Å². The highest BCUT2D eigenvalue weighted by atomic mass is 35.5. The summed E-state index contributed by atoms with van der Waals surface area (Å²) in [5.74, 6) is -0.101. The minimum atomic E-state index is -1.11. The molecule has 0 aliphatic heterocycles. The van der Waals surface area contributed by atoms with Gasteiger partial charge in [0, 0.05) is 31.8 Å². The largest absolute Gasteiger partial charge is 0.488 e. The van der Waals surface area contributed by atoms with Crippen LogP contribution in [0, 0.1) is 0 Å². The van der Waals surface area contributed by atoms with Crippen molar-refractivity contribution in [2.45, 2.75) is 11.8 Å². The van der Waals surface area contributed by atoms with Crippen LogP contribution in [-0.2, 0) is 11.4 Å². The molecule has 172 valence electrons. The van der Waals surface area contributed by atoms with Crippen molar-refractivity contribution in [3.05, 3.63) is 97.8 Å². The third-order valence-corrected chi connectivity index (χ3v) is 6.31. The number of thioether (sulfide) groups is 1. The Morgan fingerprint density at radius 3 is 2.50 bits per heavy atom. The lowest BCUT2D eigenvalue weighted by Gasteiger charge is -2.11. The number of H-pyrrole nitrogens is 1. The lowest BCUT2D eigenvalue weighted by Crippen LogP contribution is -2.00. The Morgan fingerprint density at radius 1 is 1.03 bits per heavy atom. The molecule has 0 atom stereocenters. The second kappa shape index (κ2) is 11.0. The normalized spacial score (nSPS) is 11.4. The number of rotatable bonds is 8. The number of aromatic amines is 1.